The molecule has 1 N–H and O–H groups in total. The van der Waals surface area contributed by atoms with Crippen molar-refractivity contribution in [3.8, 4) is 5.75 Å². The molecule has 30 heavy (non-hydrogen) atoms. The maximum Gasteiger partial charge on any atom is 0.305 e. The van der Waals surface area contributed by atoms with Crippen molar-refractivity contribution in [1.29, 1.82) is 0 Å². The van der Waals surface area contributed by atoms with Crippen LogP contribution < -0.4 is 4.74 Å². The SMILES string of the molecule is CCCCCCCCc1cccc(CCCCCCCC)c1OC(C)(C)S(=O)(=O)O. The number of hydrogen-bond donors (Lipinski definition) is 1. The number of para-hydroxylation sites is 1. The van der Waals surface area contributed by atoms with Gasteiger partial charge in [-0.15, -0.1) is 0 Å². The van der Waals surface area contributed by atoms with E-state index in [1.165, 1.54) is 78.1 Å². The Morgan fingerprint density at radius 3 is 1.57 bits per heavy atom. The van der Waals surface area contributed by atoms with Crippen LogP contribution in [0.3, 0.4) is 0 Å². The second-order valence-electron chi connectivity index (χ2n) is 8.92. The van der Waals surface area contributed by atoms with Gasteiger partial charge in [0.2, 0.25) is 4.93 Å². The van der Waals surface area contributed by atoms with Crippen molar-refractivity contribution in [2.45, 2.75) is 123 Å². The Labute approximate surface area is 185 Å². The Balaban J connectivity index is 2.86. The summed E-state index contributed by atoms with van der Waals surface area (Å²) in [5, 5.41) is 0. The molecule has 0 saturated heterocycles. The number of rotatable bonds is 17. The summed E-state index contributed by atoms with van der Waals surface area (Å²) in [6.45, 7) is 7.27. The molecular weight excluding hydrogens is 396 g/mol. The number of hydrogen-bond acceptors (Lipinski definition) is 3. The number of unbranched alkanes of at least 4 members (excludes halogenated alkanes) is 10. The van der Waals surface area contributed by atoms with Crippen molar-refractivity contribution in [1.82, 2.24) is 0 Å². The molecule has 0 fully saturated rings. The lowest BCUT2D eigenvalue weighted by Gasteiger charge is -2.26. The molecule has 0 spiro atoms. The van der Waals surface area contributed by atoms with Gasteiger partial charge >= 0.3 is 10.1 Å². The predicted octanol–water partition coefficient (Wildman–Crippen LogP) is 7.50. The van der Waals surface area contributed by atoms with Crippen molar-refractivity contribution < 1.29 is 17.7 Å². The van der Waals surface area contributed by atoms with Gasteiger partial charge in [-0.05, 0) is 50.7 Å². The molecule has 0 unspecified atom stereocenters. The minimum absolute atomic E-state index is 0.655. The highest BCUT2D eigenvalue weighted by Gasteiger charge is 2.36. The van der Waals surface area contributed by atoms with E-state index >= 15 is 0 Å². The van der Waals surface area contributed by atoms with Crippen LogP contribution in [0.4, 0.5) is 0 Å². The van der Waals surface area contributed by atoms with Crippen molar-refractivity contribution in [2.24, 2.45) is 0 Å². The van der Waals surface area contributed by atoms with Crippen LogP contribution in [0.15, 0.2) is 18.2 Å². The van der Waals surface area contributed by atoms with Crippen molar-refractivity contribution in [3.05, 3.63) is 29.3 Å². The molecule has 0 radical (unpaired) electrons. The van der Waals surface area contributed by atoms with Gasteiger partial charge in [-0.25, -0.2) is 0 Å². The summed E-state index contributed by atoms with van der Waals surface area (Å²) in [4.78, 5) is -1.67. The van der Waals surface area contributed by atoms with E-state index in [1.807, 2.05) is 18.2 Å². The smallest absolute Gasteiger partial charge is 0.305 e. The van der Waals surface area contributed by atoms with Gasteiger partial charge in [-0.3, -0.25) is 4.55 Å². The van der Waals surface area contributed by atoms with E-state index in [9.17, 15) is 13.0 Å². The summed E-state index contributed by atoms with van der Waals surface area (Å²) >= 11 is 0. The van der Waals surface area contributed by atoms with E-state index in [4.69, 9.17) is 4.74 Å². The lowest BCUT2D eigenvalue weighted by molar-refractivity contribution is 0.175. The molecule has 0 aliphatic rings. The first-order valence-corrected chi connectivity index (χ1v) is 13.4. The molecule has 0 bridgehead atoms. The van der Waals surface area contributed by atoms with Gasteiger partial charge in [0.1, 0.15) is 5.75 Å². The molecule has 0 amide bonds. The van der Waals surface area contributed by atoms with Crippen LogP contribution in [0.5, 0.6) is 5.75 Å². The molecular formula is C25H44O4S. The van der Waals surface area contributed by atoms with E-state index in [1.54, 1.807) is 0 Å². The molecule has 174 valence electrons. The fourth-order valence-electron chi connectivity index (χ4n) is 3.65. The standard InChI is InChI=1S/C25H44O4S/c1-5-7-9-11-13-15-18-22-20-17-21-23(19-16-14-12-10-8-6-2)24(22)29-25(3,4)30(26,27)28/h17,20-21H,5-16,18-19H2,1-4H3,(H,26,27,28). The maximum atomic E-state index is 11.8. The van der Waals surface area contributed by atoms with Crippen LogP contribution in [0.2, 0.25) is 0 Å². The highest BCUT2D eigenvalue weighted by Crippen LogP contribution is 2.32. The summed E-state index contributed by atoms with van der Waals surface area (Å²) in [5.41, 5.74) is 2.09. The first-order valence-electron chi connectivity index (χ1n) is 12.0. The predicted molar refractivity (Wildman–Crippen MR) is 127 cm³/mol. The zero-order chi connectivity index (χ0) is 22.5. The monoisotopic (exact) mass is 440 g/mol. The van der Waals surface area contributed by atoms with Crippen LogP contribution in [-0.4, -0.2) is 17.9 Å². The molecule has 4 nitrogen and oxygen atoms in total. The van der Waals surface area contributed by atoms with Crippen LogP contribution in [0, 0.1) is 0 Å². The second-order valence-corrected chi connectivity index (χ2v) is 10.9. The molecule has 0 saturated carbocycles. The number of benzene rings is 1. The van der Waals surface area contributed by atoms with Crippen LogP contribution in [-0.2, 0) is 23.0 Å². The van der Waals surface area contributed by atoms with Crippen molar-refractivity contribution in [3.63, 3.8) is 0 Å². The Hall–Kier alpha value is -1.07. The van der Waals surface area contributed by atoms with Gasteiger partial charge in [0.15, 0.2) is 0 Å². The minimum Gasteiger partial charge on any atom is -0.469 e. The molecule has 0 atom stereocenters. The van der Waals surface area contributed by atoms with E-state index in [-0.39, 0.29) is 0 Å². The van der Waals surface area contributed by atoms with Gasteiger partial charge in [0.25, 0.3) is 0 Å². The molecule has 0 aromatic heterocycles. The Morgan fingerprint density at radius 2 is 1.17 bits per heavy atom. The zero-order valence-electron chi connectivity index (χ0n) is 19.7. The van der Waals surface area contributed by atoms with Gasteiger partial charge in [0, 0.05) is 0 Å². The average Bonchev–Trinajstić information content (AvgIpc) is 2.68. The highest BCUT2D eigenvalue weighted by atomic mass is 32.2. The average molecular weight is 441 g/mol. The largest absolute Gasteiger partial charge is 0.469 e. The zero-order valence-corrected chi connectivity index (χ0v) is 20.5. The van der Waals surface area contributed by atoms with E-state index in [0.717, 1.165) is 36.8 Å². The Kier molecular flexibility index (Phi) is 12.7. The van der Waals surface area contributed by atoms with Crippen LogP contribution >= 0.6 is 0 Å². The highest BCUT2D eigenvalue weighted by molar-refractivity contribution is 7.87. The Bertz CT molecular complexity index is 661. The normalized spacial score (nSPS) is 12.3. The molecule has 0 aliphatic heterocycles. The molecule has 5 heteroatoms. The van der Waals surface area contributed by atoms with E-state index in [0.29, 0.717) is 5.75 Å². The number of ether oxygens (including phenoxy) is 1. The number of aryl methyl sites for hydroxylation is 2. The first-order chi connectivity index (χ1) is 14.2. The molecule has 0 aliphatic carbocycles. The Morgan fingerprint density at radius 1 is 0.767 bits per heavy atom. The summed E-state index contributed by atoms with van der Waals surface area (Å²) in [7, 11) is -4.33. The van der Waals surface area contributed by atoms with Crippen LogP contribution in [0.25, 0.3) is 0 Å². The van der Waals surface area contributed by atoms with E-state index in [2.05, 4.69) is 13.8 Å². The first kappa shape index (κ1) is 27.0. The maximum absolute atomic E-state index is 11.8. The van der Waals surface area contributed by atoms with E-state index < -0.39 is 15.1 Å². The third-order valence-electron chi connectivity index (χ3n) is 5.75. The lowest BCUT2D eigenvalue weighted by Crippen LogP contribution is -2.38. The third kappa shape index (κ3) is 9.82. The van der Waals surface area contributed by atoms with Gasteiger partial charge in [0.05, 0.1) is 0 Å². The fourth-order valence-corrected chi connectivity index (χ4v) is 3.84. The molecule has 1 rings (SSSR count). The van der Waals surface area contributed by atoms with Gasteiger partial charge in [-0.1, -0.05) is 96.3 Å². The van der Waals surface area contributed by atoms with Crippen LogP contribution in [0.1, 0.15) is 116 Å². The van der Waals surface area contributed by atoms with Gasteiger partial charge in [-0.2, -0.15) is 8.42 Å². The summed E-state index contributed by atoms with van der Waals surface area (Å²) < 4.78 is 39.3. The quantitative estimate of drug-likeness (QED) is 0.201. The van der Waals surface area contributed by atoms with Gasteiger partial charge < -0.3 is 4.74 Å². The molecule has 0 heterocycles. The molecule has 1 aromatic rings. The van der Waals surface area contributed by atoms with Crippen molar-refractivity contribution >= 4 is 10.1 Å². The summed E-state index contributed by atoms with van der Waals surface area (Å²) in [5.74, 6) is 0.655. The topological polar surface area (TPSA) is 63.6 Å². The lowest BCUT2D eigenvalue weighted by atomic mass is 9.98. The third-order valence-corrected chi connectivity index (χ3v) is 7.07. The fraction of sp³-hybridized carbons (Fsp3) is 0.760. The van der Waals surface area contributed by atoms with Crippen molar-refractivity contribution in [2.75, 3.05) is 0 Å². The second kappa shape index (κ2) is 14.1. The minimum atomic E-state index is -4.33. The molecule has 1 aromatic carbocycles. The summed E-state index contributed by atoms with van der Waals surface area (Å²) in [6, 6.07) is 6.12. The summed E-state index contributed by atoms with van der Waals surface area (Å²) in [6.07, 6.45) is 16.3.